The first-order valence-electron chi connectivity index (χ1n) is 8.95. The summed E-state index contributed by atoms with van der Waals surface area (Å²) in [4.78, 5) is 19.2. The molecule has 136 valence electrons. The summed E-state index contributed by atoms with van der Waals surface area (Å²) in [5.74, 6) is 0.512. The zero-order valence-corrected chi connectivity index (χ0v) is 15.1. The highest BCUT2D eigenvalue weighted by atomic mass is 19.1. The fourth-order valence-corrected chi connectivity index (χ4v) is 3.41. The Morgan fingerprint density at radius 3 is 2.44 bits per heavy atom. The Balaban J connectivity index is 1.52. The lowest BCUT2D eigenvalue weighted by Crippen LogP contribution is -2.35. The van der Waals surface area contributed by atoms with Crippen LogP contribution in [-0.2, 0) is 7.05 Å². The maximum Gasteiger partial charge on any atom is 0.272 e. The van der Waals surface area contributed by atoms with Gasteiger partial charge in [0, 0.05) is 25.7 Å². The number of hydrogen-bond acceptors (Lipinski definition) is 2. The number of carbonyl (C=O) groups excluding carboxylic acids is 1. The van der Waals surface area contributed by atoms with Crippen molar-refractivity contribution in [3.8, 4) is 11.4 Å². The molecule has 0 bridgehead atoms. The molecule has 3 aromatic rings. The Labute approximate surface area is 157 Å². The Bertz CT molecular complexity index is 990. The summed E-state index contributed by atoms with van der Waals surface area (Å²) in [5, 5.41) is 0. The maximum atomic E-state index is 13.1. The first kappa shape index (κ1) is 17.2. The van der Waals surface area contributed by atoms with Crippen LogP contribution in [0.5, 0.6) is 0 Å². The van der Waals surface area contributed by atoms with Crippen molar-refractivity contribution in [3.05, 3.63) is 83.9 Å². The van der Waals surface area contributed by atoms with E-state index < -0.39 is 0 Å². The number of benzene rings is 2. The number of hydrogen-bond donors (Lipinski definition) is 0. The average molecular weight is 361 g/mol. The fourth-order valence-electron chi connectivity index (χ4n) is 3.41. The Kier molecular flexibility index (Phi) is 4.59. The Morgan fingerprint density at radius 2 is 1.78 bits per heavy atom. The van der Waals surface area contributed by atoms with E-state index in [2.05, 4.69) is 4.98 Å². The highest BCUT2D eigenvalue weighted by molar-refractivity contribution is 5.93. The molecule has 1 aliphatic rings. The summed E-state index contributed by atoms with van der Waals surface area (Å²) in [6.07, 6.45) is 4.44. The first-order valence-corrected chi connectivity index (χ1v) is 8.95. The number of rotatable bonds is 3. The maximum absolute atomic E-state index is 13.1. The van der Waals surface area contributed by atoms with Crippen molar-refractivity contribution in [1.29, 1.82) is 0 Å². The summed E-state index contributed by atoms with van der Waals surface area (Å²) in [6.45, 7) is 1.17. The molecule has 0 aliphatic carbocycles. The monoisotopic (exact) mass is 361 g/mol. The molecule has 2 heterocycles. The molecular formula is C22H20FN3O. The molecule has 0 N–H and O–H groups in total. The Morgan fingerprint density at radius 1 is 1.04 bits per heavy atom. The van der Waals surface area contributed by atoms with Gasteiger partial charge in [-0.25, -0.2) is 9.37 Å². The predicted octanol–water partition coefficient (Wildman–Crippen LogP) is 4.16. The molecule has 1 aliphatic heterocycles. The van der Waals surface area contributed by atoms with Gasteiger partial charge in [0.2, 0.25) is 0 Å². The van der Waals surface area contributed by atoms with Gasteiger partial charge in [-0.3, -0.25) is 4.79 Å². The lowest BCUT2D eigenvalue weighted by atomic mass is 9.99. The molecule has 27 heavy (non-hydrogen) atoms. The lowest BCUT2D eigenvalue weighted by Gasteiger charge is -2.26. The van der Waals surface area contributed by atoms with Crippen LogP contribution in [-0.4, -0.2) is 33.4 Å². The Hall–Kier alpha value is -3.21. The third-order valence-corrected chi connectivity index (χ3v) is 4.95. The van der Waals surface area contributed by atoms with Crippen LogP contribution in [0.4, 0.5) is 4.39 Å². The largest absolute Gasteiger partial charge is 0.333 e. The van der Waals surface area contributed by atoms with Gasteiger partial charge in [0.25, 0.3) is 5.91 Å². The van der Waals surface area contributed by atoms with E-state index in [0.29, 0.717) is 18.8 Å². The number of amides is 1. The van der Waals surface area contributed by atoms with Crippen molar-refractivity contribution < 1.29 is 9.18 Å². The highest BCUT2D eigenvalue weighted by Gasteiger charge is 2.23. The molecular weight excluding hydrogens is 341 g/mol. The number of carbonyl (C=O) groups is 1. The molecule has 0 saturated heterocycles. The van der Waals surface area contributed by atoms with Gasteiger partial charge in [-0.2, -0.15) is 0 Å². The van der Waals surface area contributed by atoms with Crippen molar-refractivity contribution in [2.24, 2.45) is 7.05 Å². The van der Waals surface area contributed by atoms with E-state index in [1.165, 1.54) is 12.1 Å². The minimum atomic E-state index is -0.239. The van der Waals surface area contributed by atoms with E-state index in [9.17, 15) is 9.18 Å². The minimum absolute atomic E-state index is 0.0263. The second-order valence-corrected chi connectivity index (χ2v) is 6.63. The van der Waals surface area contributed by atoms with E-state index in [0.717, 1.165) is 28.9 Å². The molecule has 1 aromatic heterocycles. The third kappa shape index (κ3) is 3.40. The first-order chi connectivity index (χ1) is 13.1. The van der Waals surface area contributed by atoms with Gasteiger partial charge in [0.1, 0.15) is 17.3 Å². The van der Waals surface area contributed by atoms with Crippen LogP contribution in [0.3, 0.4) is 0 Å². The molecule has 0 atom stereocenters. The van der Waals surface area contributed by atoms with Crippen LogP contribution < -0.4 is 0 Å². The molecule has 1 amide bonds. The highest BCUT2D eigenvalue weighted by Crippen LogP contribution is 2.24. The lowest BCUT2D eigenvalue weighted by molar-refractivity contribution is 0.0763. The van der Waals surface area contributed by atoms with E-state index in [-0.39, 0.29) is 11.7 Å². The van der Waals surface area contributed by atoms with E-state index in [1.54, 1.807) is 18.3 Å². The van der Waals surface area contributed by atoms with E-state index in [4.69, 9.17) is 0 Å². The van der Waals surface area contributed by atoms with Crippen LogP contribution in [0, 0.1) is 5.82 Å². The second-order valence-electron chi connectivity index (χ2n) is 6.63. The zero-order valence-electron chi connectivity index (χ0n) is 15.1. The zero-order chi connectivity index (χ0) is 18.8. The summed E-state index contributed by atoms with van der Waals surface area (Å²) >= 11 is 0. The van der Waals surface area contributed by atoms with Gasteiger partial charge in [-0.15, -0.1) is 0 Å². The molecule has 0 radical (unpaired) electrons. The number of halogens is 1. The van der Waals surface area contributed by atoms with Gasteiger partial charge in [-0.1, -0.05) is 48.5 Å². The normalized spacial score (nSPS) is 14.1. The standard InChI is InChI=1S/C22H20FN3O/c1-25-20(15-24-21(25)18-5-3-2-4-6-18)22(27)26-13-11-17(12-14-26)16-7-9-19(23)10-8-16/h2-11,15H,12-14H2,1H3. The van der Waals surface area contributed by atoms with Crippen LogP contribution in [0.25, 0.3) is 17.0 Å². The van der Waals surface area contributed by atoms with Crippen LogP contribution in [0.2, 0.25) is 0 Å². The molecule has 0 spiro atoms. The van der Waals surface area contributed by atoms with Gasteiger partial charge in [0.15, 0.2) is 0 Å². The second kappa shape index (κ2) is 7.19. The van der Waals surface area contributed by atoms with Gasteiger partial charge < -0.3 is 9.47 Å². The van der Waals surface area contributed by atoms with Crippen molar-refractivity contribution in [3.63, 3.8) is 0 Å². The van der Waals surface area contributed by atoms with Crippen molar-refractivity contribution in [2.75, 3.05) is 13.1 Å². The molecule has 0 unspecified atom stereocenters. The van der Waals surface area contributed by atoms with Gasteiger partial charge in [-0.05, 0) is 29.7 Å². The van der Waals surface area contributed by atoms with Crippen molar-refractivity contribution >= 4 is 11.5 Å². The number of nitrogens with zero attached hydrogens (tertiary/aromatic N) is 3. The molecule has 5 heteroatoms. The van der Waals surface area contributed by atoms with Crippen LogP contribution in [0.15, 0.2) is 66.9 Å². The smallest absolute Gasteiger partial charge is 0.272 e. The number of imidazole rings is 1. The summed E-state index contributed by atoms with van der Waals surface area (Å²) in [5.41, 5.74) is 3.72. The topological polar surface area (TPSA) is 38.1 Å². The fraction of sp³-hybridized carbons (Fsp3) is 0.182. The summed E-state index contributed by atoms with van der Waals surface area (Å²) < 4.78 is 14.9. The van der Waals surface area contributed by atoms with Crippen LogP contribution in [0.1, 0.15) is 22.5 Å². The molecule has 0 saturated carbocycles. The van der Waals surface area contributed by atoms with Crippen LogP contribution >= 0.6 is 0 Å². The molecule has 4 rings (SSSR count). The molecule has 2 aromatic carbocycles. The van der Waals surface area contributed by atoms with E-state index in [1.807, 2.05) is 52.9 Å². The minimum Gasteiger partial charge on any atom is -0.333 e. The SMILES string of the molecule is Cn1c(C(=O)N2CC=C(c3ccc(F)cc3)CC2)cnc1-c1ccccc1. The summed E-state index contributed by atoms with van der Waals surface area (Å²) in [6, 6.07) is 16.3. The number of aromatic nitrogens is 2. The van der Waals surface area contributed by atoms with Gasteiger partial charge in [0.05, 0.1) is 6.20 Å². The quantitative estimate of drug-likeness (QED) is 0.703. The summed E-state index contributed by atoms with van der Waals surface area (Å²) in [7, 11) is 1.87. The molecule has 0 fully saturated rings. The molecule has 4 nitrogen and oxygen atoms in total. The average Bonchev–Trinajstić information content (AvgIpc) is 3.10. The van der Waals surface area contributed by atoms with E-state index >= 15 is 0 Å². The van der Waals surface area contributed by atoms with Crippen molar-refractivity contribution in [2.45, 2.75) is 6.42 Å². The van der Waals surface area contributed by atoms with Gasteiger partial charge >= 0.3 is 0 Å². The van der Waals surface area contributed by atoms with Crippen molar-refractivity contribution in [1.82, 2.24) is 14.5 Å². The predicted molar refractivity (Wildman–Crippen MR) is 104 cm³/mol. The third-order valence-electron chi connectivity index (χ3n) is 4.95.